The van der Waals surface area contributed by atoms with Crippen molar-refractivity contribution in [3.05, 3.63) is 51.9 Å². The van der Waals surface area contributed by atoms with E-state index in [-0.39, 0.29) is 18.3 Å². The van der Waals surface area contributed by atoms with Gasteiger partial charge >= 0.3 is 5.82 Å². The summed E-state index contributed by atoms with van der Waals surface area (Å²) in [6, 6.07) is 3.23. The molecule has 0 aromatic carbocycles. The number of aromatic nitrogens is 7. The molecular formula is C14H12N8O3. The van der Waals surface area contributed by atoms with Crippen LogP contribution in [0.15, 0.2) is 29.0 Å². The Morgan fingerprint density at radius 2 is 2.16 bits per heavy atom. The first-order chi connectivity index (χ1) is 12.0. The van der Waals surface area contributed by atoms with E-state index in [0.717, 1.165) is 11.4 Å². The van der Waals surface area contributed by atoms with Gasteiger partial charge in [-0.3, -0.25) is 0 Å². The molecule has 126 valence electrons. The van der Waals surface area contributed by atoms with Gasteiger partial charge in [0, 0.05) is 11.4 Å². The molecule has 0 aliphatic heterocycles. The fraction of sp³-hybridized carbons (Fsp3) is 0.214. The van der Waals surface area contributed by atoms with Crippen LogP contribution in [-0.2, 0) is 6.54 Å². The van der Waals surface area contributed by atoms with Crippen molar-refractivity contribution in [1.82, 2.24) is 34.5 Å². The average Bonchev–Trinajstić information content (AvgIpc) is 3.26. The van der Waals surface area contributed by atoms with Gasteiger partial charge in [0.15, 0.2) is 5.65 Å². The molecule has 25 heavy (non-hydrogen) atoms. The summed E-state index contributed by atoms with van der Waals surface area (Å²) in [5.41, 5.74) is 3.09. The number of hydrogen-bond donors (Lipinski definition) is 0. The zero-order valence-electron chi connectivity index (χ0n) is 13.3. The molecule has 0 amide bonds. The Morgan fingerprint density at radius 3 is 2.92 bits per heavy atom. The first-order valence-corrected chi connectivity index (χ1v) is 7.34. The van der Waals surface area contributed by atoms with Crippen LogP contribution in [0.1, 0.15) is 17.3 Å². The fourth-order valence-corrected chi connectivity index (χ4v) is 2.53. The molecule has 4 heterocycles. The van der Waals surface area contributed by atoms with Gasteiger partial charge in [-0.05, 0) is 24.8 Å². The summed E-state index contributed by atoms with van der Waals surface area (Å²) in [5.74, 6) is 0.387. The topological polar surface area (TPSA) is 130 Å². The molecule has 0 aliphatic rings. The maximum absolute atomic E-state index is 10.7. The van der Waals surface area contributed by atoms with Gasteiger partial charge in [-0.25, -0.2) is 9.50 Å². The number of fused-ring (bicyclic) bond motifs is 1. The highest BCUT2D eigenvalue weighted by atomic mass is 16.6. The summed E-state index contributed by atoms with van der Waals surface area (Å²) in [5, 5.41) is 22.7. The third-order valence-electron chi connectivity index (χ3n) is 3.60. The lowest BCUT2D eigenvalue weighted by Gasteiger charge is -2.00. The average molecular weight is 340 g/mol. The lowest BCUT2D eigenvalue weighted by Crippen LogP contribution is -2.01. The van der Waals surface area contributed by atoms with Crippen LogP contribution in [0.25, 0.3) is 17.0 Å². The Bertz CT molecular complexity index is 1090. The minimum Gasteiger partial charge on any atom is -0.358 e. The van der Waals surface area contributed by atoms with Crippen molar-refractivity contribution in [3.63, 3.8) is 0 Å². The van der Waals surface area contributed by atoms with Gasteiger partial charge in [0.2, 0.25) is 5.82 Å². The third-order valence-corrected chi connectivity index (χ3v) is 3.60. The summed E-state index contributed by atoms with van der Waals surface area (Å²) < 4.78 is 8.28. The van der Waals surface area contributed by atoms with E-state index in [1.54, 1.807) is 10.7 Å². The molecule has 0 N–H and O–H groups in total. The van der Waals surface area contributed by atoms with E-state index >= 15 is 0 Å². The number of rotatable bonds is 4. The lowest BCUT2D eigenvalue weighted by atomic mass is 10.3. The van der Waals surface area contributed by atoms with Crippen LogP contribution in [0.5, 0.6) is 0 Å². The van der Waals surface area contributed by atoms with E-state index in [4.69, 9.17) is 4.52 Å². The molecule has 4 rings (SSSR count). The van der Waals surface area contributed by atoms with Gasteiger partial charge in [-0.15, -0.1) is 0 Å². The number of nitro groups is 1. The standard InChI is InChI=1S/C14H12N8O3/c1-8-5-9(2)21-14(16-8)10(6-15-21)13-17-12(25-19-13)7-20-4-3-11(18-20)22(23)24/h3-6H,7H2,1-2H3. The molecule has 0 unspecified atom stereocenters. The summed E-state index contributed by atoms with van der Waals surface area (Å²) >= 11 is 0. The fourth-order valence-electron chi connectivity index (χ4n) is 2.53. The second-order valence-electron chi connectivity index (χ2n) is 5.47. The van der Waals surface area contributed by atoms with Crippen LogP contribution in [0.3, 0.4) is 0 Å². The van der Waals surface area contributed by atoms with Crippen LogP contribution < -0.4 is 0 Å². The minimum atomic E-state index is -0.564. The molecular weight excluding hydrogens is 328 g/mol. The second kappa shape index (κ2) is 5.47. The monoisotopic (exact) mass is 340 g/mol. The highest BCUT2D eigenvalue weighted by Crippen LogP contribution is 2.22. The highest BCUT2D eigenvalue weighted by Gasteiger charge is 2.18. The molecule has 0 spiro atoms. The molecule has 0 bridgehead atoms. The van der Waals surface area contributed by atoms with Crippen LogP contribution in [0, 0.1) is 24.0 Å². The van der Waals surface area contributed by atoms with E-state index in [2.05, 4.69) is 25.3 Å². The van der Waals surface area contributed by atoms with E-state index in [0.29, 0.717) is 17.0 Å². The van der Waals surface area contributed by atoms with Crippen molar-refractivity contribution in [2.24, 2.45) is 0 Å². The third kappa shape index (κ3) is 2.60. The van der Waals surface area contributed by atoms with Gasteiger partial charge < -0.3 is 14.6 Å². The summed E-state index contributed by atoms with van der Waals surface area (Å²) in [6.07, 6.45) is 3.10. The molecule has 4 aromatic rings. The predicted molar refractivity (Wildman–Crippen MR) is 83.7 cm³/mol. The predicted octanol–water partition coefficient (Wildman–Crippen LogP) is 1.55. The summed E-state index contributed by atoms with van der Waals surface area (Å²) in [6.45, 7) is 3.96. The first kappa shape index (κ1) is 14.9. The SMILES string of the molecule is Cc1cc(C)n2ncc(-c3noc(Cn4ccc([N+](=O)[O-])n4)n3)c2n1. The zero-order chi connectivity index (χ0) is 17.6. The molecule has 11 nitrogen and oxygen atoms in total. The van der Waals surface area contributed by atoms with Crippen LogP contribution in [-0.4, -0.2) is 39.4 Å². The van der Waals surface area contributed by atoms with Crippen LogP contribution in [0.4, 0.5) is 5.82 Å². The normalized spacial score (nSPS) is 11.3. The van der Waals surface area contributed by atoms with Crippen molar-refractivity contribution in [2.45, 2.75) is 20.4 Å². The maximum Gasteiger partial charge on any atom is 0.389 e. The Kier molecular flexibility index (Phi) is 3.27. The van der Waals surface area contributed by atoms with Crippen molar-refractivity contribution in [1.29, 1.82) is 0 Å². The van der Waals surface area contributed by atoms with Gasteiger partial charge in [-0.2, -0.15) is 14.8 Å². The molecule has 0 aliphatic carbocycles. The van der Waals surface area contributed by atoms with Gasteiger partial charge in [0.05, 0.1) is 29.1 Å². The number of nitrogens with zero attached hydrogens (tertiary/aromatic N) is 8. The molecule has 0 saturated carbocycles. The van der Waals surface area contributed by atoms with E-state index in [1.165, 1.54) is 16.9 Å². The molecule has 0 atom stereocenters. The smallest absolute Gasteiger partial charge is 0.358 e. The molecule has 0 fully saturated rings. The number of hydrogen-bond acceptors (Lipinski definition) is 8. The van der Waals surface area contributed by atoms with Crippen molar-refractivity contribution in [3.8, 4) is 11.4 Å². The van der Waals surface area contributed by atoms with Crippen molar-refractivity contribution >= 4 is 11.5 Å². The minimum absolute atomic E-state index is 0.130. The lowest BCUT2D eigenvalue weighted by molar-refractivity contribution is -0.389. The number of aryl methyl sites for hydroxylation is 2. The van der Waals surface area contributed by atoms with E-state index in [9.17, 15) is 10.1 Å². The van der Waals surface area contributed by atoms with Gasteiger partial charge in [0.25, 0.3) is 5.89 Å². The summed E-state index contributed by atoms with van der Waals surface area (Å²) in [7, 11) is 0. The molecule has 11 heteroatoms. The zero-order valence-corrected chi connectivity index (χ0v) is 13.3. The maximum atomic E-state index is 10.7. The van der Waals surface area contributed by atoms with Crippen LogP contribution >= 0.6 is 0 Å². The quantitative estimate of drug-likeness (QED) is 0.404. The van der Waals surface area contributed by atoms with E-state index in [1.807, 2.05) is 19.9 Å². The van der Waals surface area contributed by atoms with Crippen molar-refractivity contribution < 1.29 is 9.45 Å². The van der Waals surface area contributed by atoms with E-state index < -0.39 is 4.92 Å². The Hall–Kier alpha value is -3.63. The molecule has 4 aromatic heterocycles. The Labute approximate surface area is 140 Å². The van der Waals surface area contributed by atoms with Crippen LogP contribution in [0.2, 0.25) is 0 Å². The summed E-state index contributed by atoms with van der Waals surface area (Å²) in [4.78, 5) is 18.9. The van der Waals surface area contributed by atoms with Crippen molar-refractivity contribution in [2.75, 3.05) is 0 Å². The second-order valence-corrected chi connectivity index (χ2v) is 5.47. The molecule has 0 saturated heterocycles. The van der Waals surface area contributed by atoms with Gasteiger partial charge in [0.1, 0.15) is 6.54 Å². The Morgan fingerprint density at radius 1 is 1.32 bits per heavy atom. The Balaban J connectivity index is 1.66. The van der Waals surface area contributed by atoms with Gasteiger partial charge in [-0.1, -0.05) is 5.16 Å². The first-order valence-electron chi connectivity index (χ1n) is 7.34. The largest absolute Gasteiger partial charge is 0.389 e. The molecule has 0 radical (unpaired) electrons. The highest BCUT2D eigenvalue weighted by molar-refractivity contribution is 5.72.